The number of H-pyrrole nitrogens is 1. The fraction of sp³-hybridized carbons (Fsp3) is 0.167. The minimum absolute atomic E-state index is 0.0426. The number of aryl methyl sites for hydroxylation is 2. The van der Waals surface area contributed by atoms with Crippen LogP contribution in [0.3, 0.4) is 0 Å². The molecule has 0 saturated carbocycles. The molecule has 88 valence electrons. The van der Waals surface area contributed by atoms with E-state index in [1.807, 2.05) is 26.0 Å². The van der Waals surface area contributed by atoms with Crippen LogP contribution in [0.4, 0.5) is 0 Å². The highest BCUT2D eigenvalue weighted by molar-refractivity contribution is 6.29. The van der Waals surface area contributed by atoms with Gasteiger partial charge in [0.05, 0.1) is 5.69 Å². The molecule has 0 aliphatic carbocycles. The number of aromatic amines is 1. The second kappa shape index (κ2) is 4.22. The lowest BCUT2D eigenvalue weighted by atomic mass is 10.1. The van der Waals surface area contributed by atoms with Gasteiger partial charge < -0.3 is 0 Å². The second-order valence-corrected chi connectivity index (χ2v) is 4.29. The maximum atomic E-state index is 11.8. The van der Waals surface area contributed by atoms with E-state index < -0.39 is 11.2 Å². The van der Waals surface area contributed by atoms with Gasteiger partial charge in [0.1, 0.15) is 5.15 Å². The van der Waals surface area contributed by atoms with Crippen LogP contribution in [0.2, 0.25) is 5.15 Å². The Morgan fingerprint density at radius 2 is 1.88 bits per heavy atom. The first-order valence-electron chi connectivity index (χ1n) is 5.08. The standard InChI is InChI=1S/C12H11ClN2O2/c1-7-3-4-9(8(2)5-7)15-11(16)6-10(13)14-12(15)17/h3-6H,1-2H3,(H,14,17). The van der Waals surface area contributed by atoms with Crippen LogP contribution in [0, 0.1) is 13.8 Å². The van der Waals surface area contributed by atoms with Gasteiger partial charge in [0.25, 0.3) is 5.56 Å². The van der Waals surface area contributed by atoms with E-state index in [4.69, 9.17) is 11.6 Å². The van der Waals surface area contributed by atoms with Crippen molar-refractivity contribution in [3.05, 3.63) is 61.4 Å². The molecule has 1 aromatic carbocycles. The molecule has 1 aromatic heterocycles. The lowest BCUT2D eigenvalue weighted by molar-refractivity contribution is 0.868. The van der Waals surface area contributed by atoms with Crippen molar-refractivity contribution in [2.24, 2.45) is 0 Å². The summed E-state index contributed by atoms with van der Waals surface area (Å²) < 4.78 is 1.07. The summed E-state index contributed by atoms with van der Waals surface area (Å²) in [5, 5.41) is 0.0426. The number of hydrogen-bond acceptors (Lipinski definition) is 2. The molecule has 0 unspecified atom stereocenters. The first-order valence-corrected chi connectivity index (χ1v) is 5.46. The van der Waals surface area contributed by atoms with Gasteiger partial charge in [-0.25, -0.2) is 9.36 Å². The Bertz CT molecular complexity index is 654. The summed E-state index contributed by atoms with van der Waals surface area (Å²) in [6, 6.07) is 6.69. The molecule has 17 heavy (non-hydrogen) atoms. The molecular formula is C12H11ClN2O2. The number of hydrogen-bond donors (Lipinski definition) is 1. The van der Waals surface area contributed by atoms with Gasteiger partial charge in [-0.1, -0.05) is 29.3 Å². The maximum Gasteiger partial charge on any atom is 0.334 e. The molecule has 1 heterocycles. The molecule has 5 heteroatoms. The first kappa shape index (κ1) is 11.7. The molecule has 0 amide bonds. The van der Waals surface area contributed by atoms with Gasteiger partial charge in [0.2, 0.25) is 0 Å². The molecule has 2 rings (SSSR count). The van der Waals surface area contributed by atoms with Crippen molar-refractivity contribution in [2.75, 3.05) is 0 Å². The molecule has 0 aliphatic rings. The van der Waals surface area contributed by atoms with E-state index >= 15 is 0 Å². The predicted octanol–water partition coefficient (Wildman–Crippen LogP) is 1.80. The molecule has 2 aromatic rings. The summed E-state index contributed by atoms with van der Waals surface area (Å²) in [6.45, 7) is 3.80. The quantitative estimate of drug-likeness (QED) is 0.785. The van der Waals surface area contributed by atoms with E-state index in [2.05, 4.69) is 4.98 Å². The van der Waals surface area contributed by atoms with Gasteiger partial charge in [0.15, 0.2) is 0 Å². The van der Waals surface area contributed by atoms with Crippen LogP contribution in [0.1, 0.15) is 11.1 Å². The Kier molecular flexibility index (Phi) is 2.90. The SMILES string of the molecule is Cc1ccc(-n2c(=O)cc(Cl)[nH]c2=O)c(C)c1. The monoisotopic (exact) mass is 250 g/mol. The molecule has 1 N–H and O–H groups in total. The van der Waals surface area contributed by atoms with Crippen molar-refractivity contribution in [3.63, 3.8) is 0 Å². The molecule has 0 aliphatic heterocycles. The Morgan fingerprint density at radius 3 is 2.47 bits per heavy atom. The highest BCUT2D eigenvalue weighted by Crippen LogP contribution is 2.12. The predicted molar refractivity (Wildman–Crippen MR) is 67.1 cm³/mol. The van der Waals surface area contributed by atoms with E-state index in [9.17, 15) is 9.59 Å². The topological polar surface area (TPSA) is 54.9 Å². The van der Waals surface area contributed by atoms with Crippen LogP contribution in [0.15, 0.2) is 33.9 Å². The van der Waals surface area contributed by atoms with E-state index in [0.29, 0.717) is 5.69 Å². The summed E-state index contributed by atoms with van der Waals surface area (Å²) in [5.74, 6) is 0. The van der Waals surface area contributed by atoms with Crippen LogP contribution in [-0.2, 0) is 0 Å². The largest absolute Gasteiger partial charge is 0.334 e. The van der Waals surface area contributed by atoms with Gasteiger partial charge in [-0.05, 0) is 25.5 Å². The van der Waals surface area contributed by atoms with Crippen LogP contribution in [0.5, 0.6) is 0 Å². The Hall–Kier alpha value is -1.81. The van der Waals surface area contributed by atoms with E-state index in [1.165, 1.54) is 6.07 Å². The number of halogens is 1. The van der Waals surface area contributed by atoms with Crippen molar-refractivity contribution in [3.8, 4) is 5.69 Å². The number of benzene rings is 1. The van der Waals surface area contributed by atoms with Gasteiger partial charge in [-0.2, -0.15) is 0 Å². The molecule has 0 bridgehead atoms. The maximum absolute atomic E-state index is 11.8. The summed E-state index contributed by atoms with van der Waals surface area (Å²) >= 11 is 5.61. The minimum Gasteiger partial charge on any atom is -0.297 e. The Labute approximate surface area is 102 Å². The van der Waals surface area contributed by atoms with Gasteiger partial charge in [-0.3, -0.25) is 9.78 Å². The van der Waals surface area contributed by atoms with E-state index in [0.717, 1.165) is 15.7 Å². The fourth-order valence-corrected chi connectivity index (χ4v) is 1.93. The lowest BCUT2D eigenvalue weighted by Gasteiger charge is -2.08. The van der Waals surface area contributed by atoms with Crippen LogP contribution in [-0.4, -0.2) is 9.55 Å². The van der Waals surface area contributed by atoms with Crippen molar-refractivity contribution < 1.29 is 0 Å². The normalized spacial score (nSPS) is 10.5. The summed E-state index contributed by atoms with van der Waals surface area (Å²) in [5.41, 5.74) is 1.53. The number of aromatic nitrogens is 2. The van der Waals surface area contributed by atoms with Crippen LogP contribution < -0.4 is 11.2 Å². The highest BCUT2D eigenvalue weighted by atomic mass is 35.5. The fourth-order valence-electron chi connectivity index (χ4n) is 1.75. The van der Waals surface area contributed by atoms with Crippen molar-refractivity contribution in [2.45, 2.75) is 13.8 Å². The Morgan fingerprint density at radius 1 is 1.18 bits per heavy atom. The van der Waals surface area contributed by atoms with Crippen molar-refractivity contribution in [1.82, 2.24) is 9.55 Å². The zero-order chi connectivity index (χ0) is 12.6. The summed E-state index contributed by atoms with van der Waals surface area (Å²) in [6.07, 6.45) is 0. The lowest BCUT2D eigenvalue weighted by Crippen LogP contribution is -2.33. The van der Waals surface area contributed by atoms with E-state index in [1.54, 1.807) is 6.07 Å². The number of nitrogens with one attached hydrogen (secondary N) is 1. The van der Waals surface area contributed by atoms with Gasteiger partial charge >= 0.3 is 5.69 Å². The minimum atomic E-state index is -0.533. The third-order valence-corrected chi connectivity index (χ3v) is 2.70. The molecule has 4 nitrogen and oxygen atoms in total. The average Bonchev–Trinajstić information content (AvgIpc) is 2.19. The van der Waals surface area contributed by atoms with Crippen molar-refractivity contribution >= 4 is 11.6 Å². The van der Waals surface area contributed by atoms with E-state index in [-0.39, 0.29) is 5.15 Å². The number of rotatable bonds is 1. The summed E-state index contributed by atoms with van der Waals surface area (Å²) in [4.78, 5) is 25.9. The second-order valence-electron chi connectivity index (χ2n) is 3.89. The third kappa shape index (κ3) is 2.17. The summed E-state index contributed by atoms with van der Waals surface area (Å²) in [7, 11) is 0. The molecule has 0 spiro atoms. The Balaban J connectivity index is 2.78. The molecule has 0 saturated heterocycles. The smallest absolute Gasteiger partial charge is 0.297 e. The third-order valence-electron chi connectivity index (χ3n) is 2.49. The van der Waals surface area contributed by atoms with Gasteiger partial charge in [-0.15, -0.1) is 0 Å². The average molecular weight is 251 g/mol. The zero-order valence-electron chi connectivity index (χ0n) is 9.45. The molecular weight excluding hydrogens is 240 g/mol. The molecule has 0 atom stereocenters. The molecule has 0 fully saturated rings. The number of nitrogens with zero attached hydrogens (tertiary/aromatic N) is 1. The molecule has 0 radical (unpaired) electrons. The zero-order valence-corrected chi connectivity index (χ0v) is 10.2. The first-order chi connectivity index (χ1) is 7.99. The van der Waals surface area contributed by atoms with Gasteiger partial charge in [0, 0.05) is 6.07 Å². The highest BCUT2D eigenvalue weighted by Gasteiger charge is 2.08. The van der Waals surface area contributed by atoms with Crippen LogP contribution in [0.25, 0.3) is 5.69 Å². The van der Waals surface area contributed by atoms with Crippen molar-refractivity contribution in [1.29, 1.82) is 0 Å². The van der Waals surface area contributed by atoms with Crippen LogP contribution >= 0.6 is 11.6 Å².